The monoisotopic (exact) mass is 254 g/mol. The molecule has 1 aliphatic carbocycles. The Kier molecular flexibility index (Phi) is 5.34. The third-order valence-electron chi connectivity index (χ3n) is 3.61. The first-order chi connectivity index (χ1) is 8.50. The van der Waals surface area contributed by atoms with Crippen LogP contribution >= 0.6 is 0 Å². The van der Waals surface area contributed by atoms with Gasteiger partial charge in [0.15, 0.2) is 0 Å². The Morgan fingerprint density at radius 2 is 2.22 bits per heavy atom. The average molecular weight is 254 g/mol. The molecule has 5 heteroatoms. The van der Waals surface area contributed by atoms with Gasteiger partial charge < -0.3 is 15.7 Å². The largest absolute Gasteiger partial charge is 0.481 e. The number of carboxylic acids is 1. The number of rotatable bonds is 6. The molecule has 5 nitrogen and oxygen atoms in total. The minimum atomic E-state index is -0.841. The molecule has 3 N–H and O–H groups in total. The second-order valence-electron chi connectivity index (χ2n) is 5.01. The fraction of sp³-hybridized carbons (Fsp3) is 0.692. The van der Waals surface area contributed by atoms with Gasteiger partial charge in [-0.1, -0.05) is 18.9 Å². The topological polar surface area (TPSA) is 78.4 Å². The van der Waals surface area contributed by atoms with Gasteiger partial charge in [0, 0.05) is 12.6 Å². The van der Waals surface area contributed by atoms with Gasteiger partial charge in [-0.25, -0.2) is 0 Å². The molecule has 0 aromatic carbocycles. The van der Waals surface area contributed by atoms with Crippen LogP contribution in [-0.4, -0.2) is 36.1 Å². The summed E-state index contributed by atoms with van der Waals surface area (Å²) in [4.78, 5) is 23.0. The summed E-state index contributed by atoms with van der Waals surface area (Å²) in [5.41, 5.74) is -0.841. The molecule has 18 heavy (non-hydrogen) atoms. The van der Waals surface area contributed by atoms with Gasteiger partial charge in [0.1, 0.15) is 0 Å². The zero-order chi connectivity index (χ0) is 13.6. The zero-order valence-corrected chi connectivity index (χ0v) is 10.9. The van der Waals surface area contributed by atoms with E-state index < -0.39 is 11.4 Å². The van der Waals surface area contributed by atoms with E-state index in [0.29, 0.717) is 13.0 Å². The van der Waals surface area contributed by atoms with Crippen LogP contribution in [-0.2, 0) is 9.59 Å². The second-order valence-corrected chi connectivity index (χ2v) is 5.01. The maximum atomic E-state index is 11.7. The highest BCUT2D eigenvalue weighted by molar-refractivity contribution is 5.81. The molecule has 0 radical (unpaired) electrons. The van der Waals surface area contributed by atoms with Crippen molar-refractivity contribution in [1.29, 1.82) is 0 Å². The van der Waals surface area contributed by atoms with E-state index >= 15 is 0 Å². The third kappa shape index (κ3) is 3.57. The van der Waals surface area contributed by atoms with Crippen LogP contribution in [0.4, 0.5) is 0 Å². The molecule has 2 atom stereocenters. The van der Waals surface area contributed by atoms with E-state index in [-0.39, 0.29) is 18.5 Å². The van der Waals surface area contributed by atoms with Crippen molar-refractivity contribution in [3.63, 3.8) is 0 Å². The maximum absolute atomic E-state index is 11.7. The van der Waals surface area contributed by atoms with Crippen molar-refractivity contribution in [3.05, 3.63) is 12.7 Å². The van der Waals surface area contributed by atoms with Crippen molar-refractivity contribution in [2.24, 2.45) is 5.41 Å². The van der Waals surface area contributed by atoms with Crippen molar-refractivity contribution in [2.75, 3.05) is 13.1 Å². The fourth-order valence-electron chi connectivity index (χ4n) is 2.35. The minimum absolute atomic E-state index is 0.156. The molecule has 0 heterocycles. The Morgan fingerprint density at radius 3 is 2.83 bits per heavy atom. The number of amides is 1. The predicted molar refractivity (Wildman–Crippen MR) is 69.2 cm³/mol. The molecule has 2 unspecified atom stereocenters. The zero-order valence-electron chi connectivity index (χ0n) is 10.9. The molecule has 1 aliphatic rings. The SMILES string of the molecule is C=CCNCC(=O)NC1CCCCC1(C)C(=O)O. The highest BCUT2D eigenvalue weighted by Crippen LogP contribution is 2.36. The van der Waals surface area contributed by atoms with Gasteiger partial charge in [-0.15, -0.1) is 6.58 Å². The molecule has 1 rings (SSSR count). The predicted octanol–water partition coefficient (Wildman–Crippen LogP) is 0.912. The number of nitrogens with one attached hydrogen (secondary N) is 2. The summed E-state index contributed by atoms with van der Waals surface area (Å²) in [5, 5.41) is 15.1. The van der Waals surface area contributed by atoms with Crippen LogP contribution in [0.15, 0.2) is 12.7 Å². The Labute approximate surface area is 108 Å². The summed E-state index contributed by atoms with van der Waals surface area (Å²) in [6.07, 6.45) is 4.90. The molecule has 1 saturated carbocycles. The van der Waals surface area contributed by atoms with E-state index in [1.54, 1.807) is 13.0 Å². The minimum Gasteiger partial charge on any atom is -0.481 e. The maximum Gasteiger partial charge on any atom is 0.311 e. The lowest BCUT2D eigenvalue weighted by molar-refractivity contribution is -0.152. The van der Waals surface area contributed by atoms with Crippen molar-refractivity contribution in [3.8, 4) is 0 Å². The Balaban J connectivity index is 2.54. The quantitative estimate of drug-likeness (QED) is 0.486. The molecule has 102 valence electrons. The van der Waals surface area contributed by atoms with Crippen LogP contribution in [0.25, 0.3) is 0 Å². The van der Waals surface area contributed by atoms with Crippen LogP contribution in [0, 0.1) is 5.41 Å². The number of carbonyl (C=O) groups is 2. The molecule has 1 fully saturated rings. The molecule has 0 aromatic heterocycles. The van der Waals surface area contributed by atoms with Crippen LogP contribution < -0.4 is 10.6 Å². The second kappa shape index (κ2) is 6.54. The van der Waals surface area contributed by atoms with E-state index in [9.17, 15) is 14.7 Å². The van der Waals surface area contributed by atoms with Gasteiger partial charge in [0.2, 0.25) is 5.91 Å². The molecular formula is C13H22N2O3. The summed E-state index contributed by atoms with van der Waals surface area (Å²) in [6.45, 7) is 6.02. The van der Waals surface area contributed by atoms with Gasteiger partial charge >= 0.3 is 5.97 Å². The van der Waals surface area contributed by atoms with E-state index in [0.717, 1.165) is 19.3 Å². The lowest BCUT2D eigenvalue weighted by Gasteiger charge is -2.38. The highest BCUT2D eigenvalue weighted by Gasteiger charge is 2.43. The van der Waals surface area contributed by atoms with E-state index in [4.69, 9.17) is 0 Å². The van der Waals surface area contributed by atoms with Crippen molar-refractivity contribution < 1.29 is 14.7 Å². The average Bonchev–Trinajstić information content (AvgIpc) is 2.32. The van der Waals surface area contributed by atoms with Crippen LogP contribution in [0.5, 0.6) is 0 Å². The number of hydrogen-bond acceptors (Lipinski definition) is 3. The lowest BCUT2D eigenvalue weighted by atomic mass is 9.71. The molecular weight excluding hydrogens is 232 g/mol. The van der Waals surface area contributed by atoms with Crippen LogP contribution in [0.2, 0.25) is 0 Å². The number of carboxylic acid groups (broad SMARTS) is 1. The van der Waals surface area contributed by atoms with Crippen LogP contribution in [0.1, 0.15) is 32.6 Å². The Morgan fingerprint density at radius 1 is 1.50 bits per heavy atom. The number of aliphatic carboxylic acids is 1. The molecule has 0 aromatic rings. The molecule has 0 bridgehead atoms. The van der Waals surface area contributed by atoms with E-state index in [1.165, 1.54) is 0 Å². The number of hydrogen-bond donors (Lipinski definition) is 3. The fourth-order valence-corrected chi connectivity index (χ4v) is 2.35. The van der Waals surface area contributed by atoms with Gasteiger partial charge in [-0.05, 0) is 19.8 Å². The van der Waals surface area contributed by atoms with Gasteiger partial charge in [-0.3, -0.25) is 9.59 Å². The van der Waals surface area contributed by atoms with E-state index in [2.05, 4.69) is 17.2 Å². The first-order valence-electron chi connectivity index (χ1n) is 6.35. The van der Waals surface area contributed by atoms with Crippen molar-refractivity contribution in [1.82, 2.24) is 10.6 Å². The number of carbonyl (C=O) groups excluding carboxylic acids is 1. The summed E-state index contributed by atoms with van der Waals surface area (Å²) < 4.78 is 0. The highest BCUT2D eigenvalue weighted by atomic mass is 16.4. The summed E-state index contributed by atoms with van der Waals surface area (Å²) in [5.74, 6) is -0.984. The van der Waals surface area contributed by atoms with E-state index in [1.807, 2.05) is 0 Å². The molecule has 0 aliphatic heterocycles. The van der Waals surface area contributed by atoms with Gasteiger partial charge in [0.25, 0.3) is 0 Å². The molecule has 1 amide bonds. The van der Waals surface area contributed by atoms with Crippen molar-refractivity contribution in [2.45, 2.75) is 38.6 Å². The summed E-state index contributed by atoms with van der Waals surface area (Å²) >= 11 is 0. The first-order valence-corrected chi connectivity index (χ1v) is 6.35. The smallest absolute Gasteiger partial charge is 0.311 e. The third-order valence-corrected chi connectivity index (χ3v) is 3.61. The molecule has 0 saturated heterocycles. The summed E-state index contributed by atoms with van der Waals surface area (Å²) in [6, 6.07) is -0.276. The standard InChI is InChI=1S/C13H22N2O3/c1-3-8-14-9-11(16)15-10-6-4-5-7-13(10,2)12(17)18/h3,10,14H,1,4-9H2,2H3,(H,15,16)(H,17,18). The Hall–Kier alpha value is -1.36. The molecule has 0 spiro atoms. The van der Waals surface area contributed by atoms with Gasteiger partial charge in [0.05, 0.1) is 12.0 Å². The summed E-state index contributed by atoms with van der Waals surface area (Å²) in [7, 11) is 0. The lowest BCUT2D eigenvalue weighted by Crippen LogP contribution is -2.53. The van der Waals surface area contributed by atoms with Crippen molar-refractivity contribution >= 4 is 11.9 Å². The normalized spacial score (nSPS) is 27.5. The first kappa shape index (κ1) is 14.7. The van der Waals surface area contributed by atoms with Crippen LogP contribution in [0.3, 0.4) is 0 Å². The Bertz CT molecular complexity index is 330. The van der Waals surface area contributed by atoms with Gasteiger partial charge in [-0.2, -0.15) is 0 Å².